The van der Waals surface area contributed by atoms with Crippen LogP contribution in [0.1, 0.15) is 27.5 Å². The lowest BCUT2D eigenvalue weighted by atomic mass is 10.1. The van der Waals surface area contributed by atoms with Crippen molar-refractivity contribution >= 4 is 23.7 Å². The zero-order valence-corrected chi connectivity index (χ0v) is 18.4. The van der Waals surface area contributed by atoms with Gasteiger partial charge in [-0.2, -0.15) is 0 Å². The molecular formula is C26H24NO3P. The topological polar surface area (TPSA) is 50.5 Å². The molecule has 0 aliphatic carbocycles. The highest BCUT2D eigenvalue weighted by atomic mass is 31.2. The smallest absolute Gasteiger partial charge is 0.254 e. The monoisotopic (exact) mass is 429 g/mol. The number of carbonyl (C=O) groups excluding carboxylic acids is 1. The minimum Gasteiger partial charge on any atom is -0.467 e. The molecule has 3 aromatic carbocycles. The average molecular weight is 429 g/mol. The van der Waals surface area contributed by atoms with E-state index in [1.807, 2.05) is 85.8 Å². The Morgan fingerprint density at radius 2 is 1.45 bits per heavy atom. The number of hydrogen-bond acceptors (Lipinski definition) is 3. The first-order valence-electron chi connectivity index (χ1n) is 10.1. The van der Waals surface area contributed by atoms with Gasteiger partial charge in [0.25, 0.3) is 5.91 Å². The van der Waals surface area contributed by atoms with Crippen LogP contribution in [0.3, 0.4) is 0 Å². The van der Waals surface area contributed by atoms with Crippen LogP contribution in [-0.2, 0) is 4.57 Å². The van der Waals surface area contributed by atoms with Crippen LogP contribution in [0.2, 0.25) is 0 Å². The van der Waals surface area contributed by atoms with E-state index in [0.29, 0.717) is 21.9 Å². The van der Waals surface area contributed by atoms with Gasteiger partial charge in [-0.15, -0.1) is 0 Å². The van der Waals surface area contributed by atoms with E-state index >= 15 is 4.57 Å². The summed E-state index contributed by atoms with van der Waals surface area (Å²) in [5, 5.41) is 1.35. The Bertz CT molecular complexity index is 1160. The highest BCUT2D eigenvalue weighted by Gasteiger charge is 2.43. The Morgan fingerprint density at radius 3 is 1.97 bits per heavy atom. The average Bonchev–Trinajstić information content (AvgIpc) is 3.34. The molecule has 31 heavy (non-hydrogen) atoms. The van der Waals surface area contributed by atoms with Crippen molar-refractivity contribution in [3.05, 3.63) is 120 Å². The molecule has 4 nitrogen and oxygen atoms in total. The van der Waals surface area contributed by atoms with E-state index in [-0.39, 0.29) is 5.91 Å². The molecule has 4 aromatic rings. The molecule has 0 bridgehead atoms. The Hall–Kier alpha value is -3.36. The third kappa shape index (κ3) is 3.99. The van der Waals surface area contributed by atoms with Crippen molar-refractivity contribution in [2.45, 2.75) is 12.7 Å². The Kier molecular flexibility index (Phi) is 5.92. The molecule has 156 valence electrons. The van der Waals surface area contributed by atoms with Crippen molar-refractivity contribution in [1.29, 1.82) is 0 Å². The van der Waals surface area contributed by atoms with Gasteiger partial charge in [0.2, 0.25) is 0 Å². The highest BCUT2D eigenvalue weighted by Crippen LogP contribution is 2.58. The summed E-state index contributed by atoms with van der Waals surface area (Å²) in [6.07, 6.45) is 1.55. The molecule has 0 aliphatic rings. The second-order valence-electron chi connectivity index (χ2n) is 7.50. The van der Waals surface area contributed by atoms with Crippen LogP contribution in [-0.4, -0.2) is 17.9 Å². The van der Waals surface area contributed by atoms with Crippen molar-refractivity contribution in [3.8, 4) is 0 Å². The minimum atomic E-state index is -3.35. The molecule has 0 spiro atoms. The van der Waals surface area contributed by atoms with Gasteiger partial charge in [0, 0.05) is 23.2 Å². The fourth-order valence-electron chi connectivity index (χ4n) is 3.88. The number of amides is 1. The maximum Gasteiger partial charge on any atom is 0.254 e. The first kappa shape index (κ1) is 20.9. The summed E-state index contributed by atoms with van der Waals surface area (Å²) in [4.78, 5) is 15.1. The lowest BCUT2D eigenvalue weighted by molar-refractivity contribution is 0.0764. The van der Waals surface area contributed by atoms with E-state index < -0.39 is 12.9 Å². The van der Waals surface area contributed by atoms with E-state index in [0.717, 1.165) is 5.56 Å². The van der Waals surface area contributed by atoms with Crippen molar-refractivity contribution < 1.29 is 13.8 Å². The molecule has 1 heterocycles. The number of benzene rings is 3. The molecule has 0 aliphatic heterocycles. The normalized spacial score (nSPS) is 12.3. The van der Waals surface area contributed by atoms with Gasteiger partial charge in [-0.1, -0.05) is 78.4 Å². The number of rotatable bonds is 6. The van der Waals surface area contributed by atoms with Crippen molar-refractivity contribution in [1.82, 2.24) is 4.90 Å². The fourth-order valence-corrected chi connectivity index (χ4v) is 7.07. The summed E-state index contributed by atoms with van der Waals surface area (Å²) in [7, 11) is -1.66. The summed E-state index contributed by atoms with van der Waals surface area (Å²) in [6.45, 7) is 1.94. The summed E-state index contributed by atoms with van der Waals surface area (Å²) in [5.74, 6) is -0.517. The summed E-state index contributed by atoms with van der Waals surface area (Å²) >= 11 is 0. The van der Waals surface area contributed by atoms with Gasteiger partial charge in [-0.3, -0.25) is 4.79 Å². The summed E-state index contributed by atoms with van der Waals surface area (Å²) in [6, 6.07) is 29.6. The van der Waals surface area contributed by atoms with E-state index in [4.69, 9.17) is 4.42 Å². The molecule has 0 radical (unpaired) electrons. The van der Waals surface area contributed by atoms with Crippen LogP contribution in [0.15, 0.2) is 108 Å². The van der Waals surface area contributed by atoms with Crippen molar-refractivity contribution in [3.63, 3.8) is 0 Å². The van der Waals surface area contributed by atoms with Gasteiger partial charge in [0.15, 0.2) is 12.9 Å². The largest absolute Gasteiger partial charge is 0.467 e. The van der Waals surface area contributed by atoms with Crippen LogP contribution in [0, 0.1) is 6.92 Å². The fraction of sp³-hybridized carbons (Fsp3) is 0.115. The van der Waals surface area contributed by atoms with Crippen molar-refractivity contribution in [2.75, 3.05) is 7.05 Å². The molecule has 0 saturated carbocycles. The molecule has 4 rings (SSSR count). The second-order valence-corrected chi connectivity index (χ2v) is 10.3. The molecule has 0 N–H and O–H groups in total. The lowest BCUT2D eigenvalue weighted by Crippen LogP contribution is -2.36. The van der Waals surface area contributed by atoms with Crippen molar-refractivity contribution in [2.24, 2.45) is 0 Å². The summed E-state index contributed by atoms with van der Waals surface area (Å²) < 4.78 is 20.8. The van der Waals surface area contributed by atoms with Crippen LogP contribution in [0.5, 0.6) is 0 Å². The SMILES string of the molecule is Cc1cccc(C(=O)N(C)C(c2ccco2)P(=O)(c2ccccc2)c2ccccc2)c1. The highest BCUT2D eigenvalue weighted by molar-refractivity contribution is 7.79. The van der Waals surface area contributed by atoms with E-state index in [9.17, 15) is 4.79 Å². The first-order chi connectivity index (χ1) is 15.0. The zero-order chi connectivity index (χ0) is 21.8. The van der Waals surface area contributed by atoms with Gasteiger partial charge in [-0.05, 0) is 31.2 Å². The third-order valence-corrected chi connectivity index (χ3v) is 8.79. The predicted molar refractivity (Wildman–Crippen MR) is 124 cm³/mol. The lowest BCUT2D eigenvalue weighted by Gasteiger charge is -2.34. The van der Waals surface area contributed by atoms with Crippen LogP contribution < -0.4 is 10.6 Å². The number of nitrogens with zero attached hydrogens (tertiary/aromatic N) is 1. The van der Waals surface area contributed by atoms with E-state index in [1.54, 1.807) is 36.4 Å². The molecule has 1 unspecified atom stereocenters. The van der Waals surface area contributed by atoms with Crippen LogP contribution in [0.4, 0.5) is 0 Å². The van der Waals surface area contributed by atoms with E-state index in [1.165, 1.54) is 0 Å². The molecule has 1 atom stereocenters. The maximum absolute atomic E-state index is 15.0. The zero-order valence-electron chi connectivity index (χ0n) is 17.5. The third-order valence-electron chi connectivity index (χ3n) is 5.37. The standard InChI is InChI=1S/C26H24NO3P/c1-20-11-9-12-21(19-20)25(28)27(2)26(24-17-10-18-30-24)31(29,22-13-5-3-6-14-22)23-15-7-4-8-16-23/h3-19,26H,1-2H3. The van der Waals surface area contributed by atoms with Gasteiger partial charge < -0.3 is 13.9 Å². The molecule has 1 aromatic heterocycles. The first-order valence-corrected chi connectivity index (χ1v) is 11.9. The van der Waals surface area contributed by atoms with Crippen LogP contribution in [0.25, 0.3) is 0 Å². The molecule has 5 heteroatoms. The predicted octanol–water partition coefficient (Wildman–Crippen LogP) is 5.37. The molecule has 1 amide bonds. The summed E-state index contributed by atoms with van der Waals surface area (Å²) in [5.41, 5.74) is 1.54. The Labute approximate surface area is 182 Å². The number of furan rings is 1. The quantitative estimate of drug-likeness (QED) is 0.387. The number of hydrogen-bond donors (Lipinski definition) is 0. The van der Waals surface area contributed by atoms with Crippen LogP contribution >= 0.6 is 7.14 Å². The van der Waals surface area contributed by atoms with Gasteiger partial charge >= 0.3 is 0 Å². The number of aryl methyl sites for hydroxylation is 1. The van der Waals surface area contributed by atoms with Gasteiger partial charge in [-0.25, -0.2) is 0 Å². The molecular weight excluding hydrogens is 405 g/mol. The minimum absolute atomic E-state index is 0.211. The van der Waals surface area contributed by atoms with Gasteiger partial charge in [0.1, 0.15) is 5.76 Å². The maximum atomic E-state index is 15.0. The van der Waals surface area contributed by atoms with Gasteiger partial charge in [0.05, 0.1) is 6.26 Å². The molecule has 0 saturated heterocycles. The Morgan fingerprint density at radius 1 is 0.839 bits per heavy atom. The second kappa shape index (κ2) is 8.79. The molecule has 0 fully saturated rings. The number of carbonyl (C=O) groups is 1. The Balaban J connectivity index is 1.91. The van der Waals surface area contributed by atoms with E-state index in [2.05, 4.69) is 0 Å².